The Hall–Kier alpha value is -8.76. The van der Waals surface area contributed by atoms with Gasteiger partial charge in [-0.3, -0.25) is 0 Å². The van der Waals surface area contributed by atoms with Gasteiger partial charge in [0.1, 0.15) is 0 Å². The summed E-state index contributed by atoms with van der Waals surface area (Å²) >= 11 is 1.91. The zero-order valence-electron chi connectivity index (χ0n) is 37.6. The van der Waals surface area contributed by atoms with Crippen LogP contribution in [0.2, 0.25) is 0 Å². The van der Waals surface area contributed by atoms with Crippen LogP contribution in [0.15, 0.2) is 255 Å². The average Bonchev–Trinajstić information content (AvgIpc) is 3.98. The average molecular weight is 895 g/mol. The molecule has 322 valence electrons. The van der Waals surface area contributed by atoms with Gasteiger partial charge in [0.05, 0.1) is 22.4 Å². The number of para-hydroxylation sites is 4. The van der Waals surface area contributed by atoms with Crippen LogP contribution in [0.1, 0.15) is 0 Å². The fourth-order valence-corrected chi connectivity index (χ4v) is 12.3. The van der Waals surface area contributed by atoms with E-state index in [0.717, 1.165) is 28.3 Å². The third-order valence-corrected chi connectivity index (χ3v) is 15.5. The van der Waals surface area contributed by atoms with Crippen molar-refractivity contribution in [3.05, 3.63) is 255 Å². The van der Waals surface area contributed by atoms with Gasteiger partial charge < -0.3 is 9.47 Å². The summed E-state index contributed by atoms with van der Waals surface area (Å²) in [5, 5.41) is 12.7. The second kappa shape index (κ2) is 16.0. The molecule has 0 unspecified atom stereocenters. The Morgan fingerprint density at radius 1 is 0.290 bits per heavy atom. The molecule has 0 spiro atoms. The predicted octanol–water partition coefficient (Wildman–Crippen LogP) is 19.1. The van der Waals surface area contributed by atoms with Crippen LogP contribution in [0.3, 0.4) is 0 Å². The summed E-state index contributed by atoms with van der Waals surface area (Å²) in [7, 11) is 0. The molecule has 0 radical (unpaired) electrons. The van der Waals surface area contributed by atoms with Gasteiger partial charge in [0.15, 0.2) is 0 Å². The summed E-state index contributed by atoms with van der Waals surface area (Å²) in [6.07, 6.45) is 0. The molecular weight excluding hydrogens is 853 g/mol. The van der Waals surface area contributed by atoms with Crippen LogP contribution in [0, 0.1) is 0 Å². The lowest BCUT2D eigenvalue weighted by Gasteiger charge is -2.28. The Kier molecular flexibility index (Phi) is 9.11. The van der Waals surface area contributed by atoms with E-state index in [9.17, 15) is 0 Å². The minimum absolute atomic E-state index is 1.08. The second-order valence-electron chi connectivity index (χ2n) is 18.0. The van der Waals surface area contributed by atoms with Gasteiger partial charge in [0.2, 0.25) is 0 Å². The largest absolute Gasteiger partial charge is 0.310 e. The number of hydrogen-bond donors (Lipinski definition) is 0. The van der Waals surface area contributed by atoms with Gasteiger partial charge >= 0.3 is 0 Å². The molecule has 0 saturated heterocycles. The monoisotopic (exact) mass is 894 g/mol. The maximum Gasteiger partial charge on any atom is 0.0541 e. The van der Waals surface area contributed by atoms with Gasteiger partial charge in [-0.25, -0.2) is 0 Å². The van der Waals surface area contributed by atoms with Crippen molar-refractivity contribution in [2.75, 3.05) is 4.90 Å². The van der Waals surface area contributed by atoms with Crippen LogP contribution in [0.25, 0.3) is 113 Å². The molecule has 0 atom stereocenters. The highest BCUT2D eigenvalue weighted by molar-refractivity contribution is 7.27. The van der Waals surface area contributed by atoms with E-state index in [4.69, 9.17) is 0 Å². The topological polar surface area (TPSA) is 8.17 Å². The first-order valence-corrected chi connectivity index (χ1v) is 24.5. The lowest BCUT2D eigenvalue weighted by Crippen LogP contribution is -2.11. The summed E-state index contributed by atoms with van der Waals surface area (Å²) in [6, 6.07) is 93.7. The smallest absolute Gasteiger partial charge is 0.0541 e. The number of aromatic nitrogens is 1. The standard InChI is InChI=1S/C66H42N2S/c1-3-16-51-43(14-1)28-29-47-30-31-48(42-60(47)51)53-18-6-9-24-61(53)67(50-39-34-46(35-40-50)55-22-13-23-58-59-41-36-44-15-2-4-19-54(44)66(59)69-65(55)58)49-37-32-45(33-38-49)52-17-5-10-25-62(52)68-63-26-11-7-20-56(63)57-21-8-12-27-64(57)68/h1-42H. The Morgan fingerprint density at radius 3 is 1.49 bits per heavy atom. The van der Waals surface area contributed by atoms with Crippen LogP contribution >= 0.6 is 11.3 Å². The molecule has 2 nitrogen and oxygen atoms in total. The van der Waals surface area contributed by atoms with Crippen molar-refractivity contribution in [2.45, 2.75) is 0 Å². The summed E-state index contributed by atoms with van der Waals surface area (Å²) in [5.74, 6) is 0. The van der Waals surface area contributed by atoms with E-state index in [2.05, 4.69) is 264 Å². The van der Waals surface area contributed by atoms with Gasteiger partial charge in [0.25, 0.3) is 0 Å². The number of thiophene rings is 1. The molecule has 0 fully saturated rings. The molecule has 0 aliphatic rings. The van der Waals surface area contributed by atoms with E-state index in [1.807, 2.05) is 11.3 Å². The molecule has 0 N–H and O–H groups in total. The van der Waals surface area contributed by atoms with E-state index in [-0.39, 0.29) is 0 Å². The Morgan fingerprint density at radius 2 is 0.768 bits per heavy atom. The first kappa shape index (κ1) is 39.4. The number of fused-ring (bicyclic) bond motifs is 11. The van der Waals surface area contributed by atoms with Crippen LogP contribution in [0.5, 0.6) is 0 Å². The summed E-state index contributed by atoms with van der Waals surface area (Å²) in [5.41, 5.74) is 14.0. The quantitative estimate of drug-likeness (QED) is 0.145. The SMILES string of the molecule is c1ccc(N(c2ccc(-c3ccccc3-n3c4ccccc4c4ccccc43)cc2)c2ccc(-c3cccc4c3sc3c5ccccc5ccc43)cc2)c(-c2ccc3ccc4ccccc4c3c2)c1. The van der Waals surface area contributed by atoms with Crippen LogP contribution in [0.4, 0.5) is 17.1 Å². The van der Waals surface area contributed by atoms with Crippen LogP contribution in [-0.2, 0) is 0 Å². The van der Waals surface area contributed by atoms with E-state index >= 15 is 0 Å². The molecule has 2 aromatic heterocycles. The van der Waals surface area contributed by atoms with Crippen molar-refractivity contribution in [3.63, 3.8) is 0 Å². The third-order valence-electron chi connectivity index (χ3n) is 14.2. The van der Waals surface area contributed by atoms with Gasteiger partial charge in [-0.1, -0.05) is 200 Å². The van der Waals surface area contributed by atoms with Crippen molar-refractivity contribution >= 4 is 103 Å². The fourth-order valence-electron chi connectivity index (χ4n) is 10.9. The Bertz CT molecular complexity index is 4260. The minimum Gasteiger partial charge on any atom is -0.310 e. The molecule has 2 heterocycles. The number of nitrogens with zero attached hydrogens (tertiary/aromatic N) is 2. The fraction of sp³-hybridized carbons (Fsp3) is 0. The van der Waals surface area contributed by atoms with E-state index < -0.39 is 0 Å². The van der Waals surface area contributed by atoms with Crippen molar-refractivity contribution in [1.82, 2.24) is 4.57 Å². The van der Waals surface area contributed by atoms with Crippen LogP contribution < -0.4 is 4.90 Å². The maximum atomic E-state index is 2.43. The number of benzene rings is 12. The van der Waals surface area contributed by atoms with Crippen molar-refractivity contribution in [1.29, 1.82) is 0 Å². The van der Waals surface area contributed by atoms with Crippen molar-refractivity contribution in [2.24, 2.45) is 0 Å². The second-order valence-corrected chi connectivity index (χ2v) is 19.0. The van der Waals surface area contributed by atoms with E-state index in [0.29, 0.717) is 0 Å². The molecule has 14 aromatic rings. The summed E-state index contributed by atoms with van der Waals surface area (Å²) < 4.78 is 5.09. The summed E-state index contributed by atoms with van der Waals surface area (Å²) in [4.78, 5) is 2.43. The molecule has 3 heteroatoms. The van der Waals surface area contributed by atoms with Gasteiger partial charge in [-0.15, -0.1) is 11.3 Å². The highest BCUT2D eigenvalue weighted by atomic mass is 32.1. The van der Waals surface area contributed by atoms with Crippen LogP contribution in [-0.4, -0.2) is 4.57 Å². The molecular formula is C66H42N2S. The summed E-state index contributed by atoms with van der Waals surface area (Å²) in [6.45, 7) is 0. The molecule has 69 heavy (non-hydrogen) atoms. The number of hydrogen-bond acceptors (Lipinski definition) is 2. The Balaban J connectivity index is 0.918. The highest BCUT2D eigenvalue weighted by Crippen LogP contribution is 2.46. The predicted molar refractivity (Wildman–Crippen MR) is 297 cm³/mol. The molecule has 0 aliphatic carbocycles. The zero-order chi connectivity index (χ0) is 45.4. The molecule has 14 rings (SSSR count). The van der Waals surface area contributed by atoms with Gasteiger partial charge in [-0.05, 0) is 109 Å². The molecule has 12 aromatic carbocycles. The maximum absolute atomic E-state index is 2.43. The third kappa shape index (κ3) is 6.39. The van der Waals surface area contributed by atoms with E-state index in [1.165, 1.54) is 102 Å². The molecule has 0 bridgehead atoms. The van der Waals surface area contributed by atoms with Gasteiger partial charge in [-0.2, -0.15) is 0 Å². The molecule has 0 saturated carbocycles. The first-order valence-electron chi connectivity index (χ1n) is 23.7. The zero-order valence-corrected chi connectivity index (χ0v) is 38.4. The lowest BCUT2D eigenvalue weighted by atomic mass is 9.95. The molecule has 0 aliphatic heterocycles. The van der Waals surface area contributed by atoms with Gasteiger partial charge in [0, 0.05) is 53.4 Å². The number of anilines is 3. The highest BCUT2D eigenvalue weighted by Gasteiger charge is 2.21. The Labute approximate surface area is 403 Å². The van der Waals surface area contributed by atoms with Crippen molar-refractivity contribution in [3.8, 4) is 39.1 Å². The first-order chi connectivity index (χ1) is 34.2. The number of rotatable bonds is 7. The normalized spacial score (nSPS) is 11.8. The van der Waals surface area contributed by atoms with E-state index in [1.54, 1.807) is 0 Å². The molecule has 0 amide bonds. The van der Waals surface area contributed by atoms with Crippen molar-refractivity contribution < 1.29 is 0 Å². The lowest BCUT2D eigenvalue weighted by molar-refractivity contribution is 1.18. The minimum atomic E-state index is 1.08.